The van der Waals surface area contributed by atoms with Crippen LogP contribution in [0.15, 0.2) is 127 Å². The molecule has 0 aliphatic carbocycles. The smallest absolute Gasteiger partial charge is 0.412 e. The van der Waals surface area contributed by atoms with E-state index in [1.54, 1.807) is 41.5 Å². The summed E-state index contributed by atoms with van der Waals surface area (Å²) in [5, 5.41) is 19.3. The maximum atomic E-state index is 17.9. The third-order valence-electron chi connectivity index (χ3n) is 19.8. The van der Waals surface area contributed by atoms with Crippen molar-refractivity contribution in [3.63, 3.8) is 0 Å². The molecular formula is C100H101F7N14O16. The number of hydrogen-bond acceptors (Lipinski definition) is 22. The van der Waals surface area contributed by atoms with Crippen LogP contribution in [0.1, 0.15) is 188 Å². The van der Waals surface area contributed by atoms with Gasteiger partial charge in [-0.15, -0.1) is 0 Å². The lowest BCUT2D eigenvalue weighted by atomic mass is 10.1. The summed E-state index contributed by atoms with van der Waals surface area (Å²) in [6.45, 7) is 32.0. The van der Waals surface area contributed by atoms with Crippen molar-refractivity contribution in [1.82, 2.24) is 29.9 Å². The zero-order valence-corrected chi connectivity index (χ0v) is 78.2. The number of carbonyl (C=O) groups is 8. The van der Waals surface area contributed by atoms with E-state index in [0.717, 1.165) is 24.3 Å². The standard InChI is InChI=1S/C100H101F7N14O16/c1-46(2)40-130-72-34-66(91(122)114-58-23-19-25-60(78(58)101)116-93(124)68-36-74(132-42-48(5)6)54-32-56-76(134-44-50(9)10)38-70(112-89(56)83(106)87(54)110-68)95(126)118-62-27-21-29-64(80(62)103)120-97(128)136-99(13,14)15)108-85-52(72)31-53-73(131-41-47(3)4)35-67(109-86(53)82(85)105)92(123)115-59-24-20-26-61(79(59)102)117-94(125)69-37-75(133-43-49(7)8)55-33-57-77(135-45-51(11)12)39-71(113-90(57)84(107)88(55)111-69)96(127)119-63-28-22-30-65(81(63)104)121-98(129)137-100(16,17)18/h19-39,46-51H,40-45H2,1-18H3,(H,114,122)(H,115,123)(H,116,124)(H,117,125)(H,118,126)(H,119,127)(H,120,128)(H,121,129). The summed E-state index contributed by atoms with van der Waals surface area (Å²) in [5.74, 6) is -15.7. The number of ether oxygens (including phenoxy) is 8. The van der Waals surface area contributed by atoms with Gasteiger partial charge in [-0.2, -0.15) is 0 Å². The number of benzene rings is 7. The first-order valence-corrected chi connectivity index (χ1v) is 44.0. The van der Waals surface area contributed by atoms with Crippen LogP contribution < -0.4 is 71.0 Å². The predicted octanol–water partition coefficient (Wildman–Crippen LogP) is 22.4. The second kappa shape index (κ2) is 41.3. The number of amides is 8. The monoisotopic (exact) mass is 1890 g/mol. The highest BCUT2D eigenvalue weighted by Gasteiger charge is 2.32. The van der Waals surface area contributed by atoms with Crippen molar-refractivity contribution in [3.8, 4) is 34.5 Å². The molecule has 0 aliphatic rings. The van der Waals surface area contributed by atoms with Crippen LogP contribution in [-0.2, 0) is 9.47 Å². The molecule has 37 heteroatoms. The largest absolute Gasteiger partial charge is 0.493 e. The molecule has 30 nitrogen and oxygen atoms in total. The molecule has 0 radical (unpaired) electrons. The highest BCUT2D eigenvalue weighted by molar-refractivity contribution is 6.14. The van der Waals surface area contributed by atoms with Crippen molar-refractivity contribution in [1.29, 1.82) is 0 Å². The van der Waals surface area contributed by atoms with E-state index >= 15 is 30.7 Å². The van der Waals surface area contributed by atoms with Crippen LogP contribution >= 0.6 is 0 Å². The zero-order chi connectivity index (χ0) is 99.2. The van der Waals surface area contributed by atoms with Gasteiger partial charge < -0.3 is 69.8 Å². The van der Waals surface area contributed by atoms with E-state index in [1.807, 2.05) is 83.1 Å². The van der Waals surface area contributed by atoms with Gasteiger partial charge in [-0.05, 0) is 144 Å². The molecule has 7 aromatic carbocycles. The Hall–Kier alpha value is -15.3. The van der Waals surface area contributed by atoms with Crippen molar-refractivity contribution in [2.24, 2.45) is 35.5 Å². The normalized spacial score (nSPS) is 11.8. The molecule has 0 aliphatic heterocycles. The van der Waals surface area contributed by atoms with Crippen molar-refractivity contribution in [3.05, 3.63) is 202 Å². The summed E-state index contributed by atoms with van der Waals surface area (Å²) in [5.41, 5.74) is -11.4. The first kappa shape index (κ1) is 99.2. The molecule has 0 spiro atoms. The zero-order valence-electron chi connectivity index (χ0n) is 78.2. The third-order valence-corrected chi connectivity index (χ3v) is 19.8. The number of nitrogens with zero attached hydrogens (tertiary/aromatic N) is 6. The number of halogens is 7. The molecule has 0 saturated heterocycles. The van der Waals surface area contributed by atoms with E-state index < -0.39 is 201 Å². The summed E-state index contributed by atoms with van der Waals surface area (Å²) in [4.78, 5) is 138. The minimum absolute atomic E-state index is 0.00717. The summed E-state index contributed by atoms with van der Waals surface area (Å²) in [6, 6.07) is 26.4. The van der Waals surface area contributed by atoms with Gasteiger partial charge in [0.1, 0.15) is 113 Å². The number of pyridine rings is 6. The fraction of sp³-hybridized carbons (Fsp3) is 0.320. The number of rotatable bonds is 32. The molecule has 13 rings (SSSR count). The van der Waals surface area contributed by atoms with Crippen LogP contribution in [0, 0.1) is 76.2 Å². The molecule has 13 aromatic rings. The molecule has 0 fully saturated rings. The molecule has 716 valence electrons. The third kappa shape index (κ3) is 23.5. The Morgan fingerprint density at radius 1 is 0.248 bits per heavy atom. The van der Waals surface area contributed by atoms with Gasteiger partial charge in [-0.25, -0.2) is 70.2 Å². The van der Waals surface area contributed by atoms with Gasteiger partial charge in [-0.1, -0.05) is 107 Å². The second-order valence-electron chi connectivity index (χ2n) is 36.9. The number of fused-ring (bicyclic) bond motifs is 6. The van der Waals surface area contributed by atoms with Crippen LogP contribution in [0.25, 0.3) is 65.4 Å². The van der Waals surface area contributed by atoms with Crippen molar-refractivity contribution >= 4 is 159 Å². The fourth-order valence-corrected chi connectivity index (χ4v) is 13.6. The lowest BCUT2D eigenvalue weighted by molar-refractivity contribution is 0.0624. The Morgan fingerprint density at radius 2 is 0.401 bits per heavy atom. The molecule has 6 heterocycles. The number of aromatic nitrogens is 6. The average molecular weight is 1890 g/mol. The van der Waals surface area contributed by atoms with Gasteiger partial charge in [0.25, 0.3) is 35.4 Å². The molecule has 137 heavy (non-hydrogen) atoms. The first-order chi connectivity index (χ1) is 64.7. The summed E-state index contributed by atoms with van der Waals surface area (Å²) < 4.78 is 167. The van der Waals surface area contributed by atoms with Crippen LogP contribution in [0.3, 0.4) is 0 Å². The van der Waals surface area contributed by atoms with Gasteiger partial charge in [0.15, 0.2) is 40.7 Å². The first-order valence-electron chi connectivity index (χ1n) is 44.0. The number of anilines is 8. The predicted molar refractivity (Wildman–Crippen MR) is 506 cm³/mol. The maximum absolute atomic E-state index is 17.9. The topological polar surface area (TPSA) is 384 Å². The molecule has 8 amide bonds. The highest BCUT2D eigenvalue weighted by atomic mass is 19.2. The Labute approximate surface area is 782 Å². The summed E-state index contributed by atoms with van der Waals surface area (Å²) in [6.07, 6.45) is -1.94. The van der Waals surface area contributed by atoms with E-state index in [4.69, 9.17) is 37.9 Å². The molecule has 0 unspecified atom stereocenters. The number of hydrogen-bond donors (Lipinski definition) is 8. The Balaban J connectivity index is 0.780. The molecule has 8 N–H and O–H groups in total. The average Bonchev–Trinajstić information content (AvgIpc) is 0.750. The molecule has 0 bridgehead atoms. The van der Waals surface area contributed by atoms with Crippen LogP contribution in [0.2, 0.25) is 0 Å². The van der Waals surface area contributed by atoms with Crippen LogP contribution in [-0.4, -0.2) is 128 Å². The minimum atomic E-state index is -1.22. The van der Waals surface area contributed by atoms with Gasteiger partial charge in [0.05, 0.1) is 85.1 Å². The summed E-state index contributed by atoms with van der Waals surface area (Å²) >= 11 is 0. The Morgan fingerprint density at radius 3 is 0.547 bits per heavy atom. The van der Waals surface area contributed by atoms with Gasteiger partial charge in [0, 0.05) is 68.7 Å². The molecule has 0 saturated carbocycles. The van der Waals surface area contributed by atoms with Crippen LogP contribution in [0.4, 0.5) is 85.8 Å². The van der Waals surface area contributed by atoms with Crippen molar-refractivity contribution in [2.75, 3.05) is 82.2 Å². The number of nitrogens with one attached hydrogen (secondary N) is 8. The lowest BCUT2D eigenvalue weighted by Gasteiger charge is -2.20. The molecule has 0 atom stereocenters. The van der Waals surface area contributed by atoms with E-state index in [-0.39, 0.29) is 153 Å². The maximum Gasteiger partial charge on any atom is 0.412 e. The second-order valence-corrected chi connectivity index (χ2v) is 36.9. The van der Waals surface area contributed by atoms with Gasteiger partial charge in [-0.3, -0.25) is 39.4 Å². The van der Waals surface area contributed by atoms with E-state index in [9.17, 15) is 38.4 Å². The SMILES string of the molecule is CC(C)COc1cc(C(=O)Nc2cccc(NC(=O)OC(C)(C)C)c2F)nc2c(F)c3nc(C(=O)Nc4cccc(NC(=O)c5cc(OCC(C)C)c6cc7c(OCC(C)C)cc(C(=O)Nc8cccc(NC(=O)c9cc(OCC(C)C)c%10cc%11c(OCC(C)C)cc(C(=O)Nc%12cccc(NC(=O)OC(C)(C)C)c%12F)nc%11c(F)c%10n9)c8F)nc7c(F)c6n5)c4F)cc(OCC(C)C)c3cc12. The highest BCUT2D eigenvalue weighted by Crippen LogP contribution is 2.43. The minimum Gasteiger partial charge on any atom is -0.493 e. The van der Waals surface area contributed by atoms with Crippen LogP contribution in [0.5, 0.6) is 34.5 Å². The summed E-state index contributed by atoms with van der Waals surface area (Å²) in [7, 11) is 0. The number of carbonyl (C=O) groups excluding carboxylic acids is 8. The van der Waals surface area contributed by atoms with E-state index in [0.29, 0.717) is 0 Å². The van der Waals surface area contributed by atoms with Crippen molar-refractivity contribution < 1.29 is 107 Å². The van der Waals surface area contributed by atoms with E-state index in [2.05, 4.69) is 72.4 Å². The Kier molecular flexibility index (Phi) is 29.9. The lowest BCUT2D eigenvalue weighted by Crippen LogP contribution is -2.27. The van der Waals surface area contributed by atoms with Gasteiger partial charge >= 0.3 is 12.2 Å². The fourth-order valence-electron chi connectivity index (χ4n) is 13.6. The molecule has 6 aromatic heterocycles. The Bertz CT molecular complexity index is 6580. The quantitative estimate of drug-likeness (QED) is 0.0143. The van der Waals surface area contributed by atoms with E-state index in [1.165, 1.54) is 103 Å². The van der Waals surface area contributed by atoms with Gasteiger partial charge in [0.2, 0.25) is 0 Å². The van der Waals surface area contributed by atoms with Crippen molar-refractivity contribution in [2.45, 2.75) is 136 Å². The molecular weight excluding hydrogens is 1790 g/mol.